The summed E-state index contributed by atoms with van der Waals surface area (Å²) in [5, 5.41) is 0. The molecule has 2 aromatic carbocycles. The highest BCUT2D eigenvalue weighted by atomic mass is 79.9. The van der Waals surface area contributed by atoms with Crippen LogP contribution >= 0.6 is 15.9 Å². The summed E-state index contributed by atoms with van der Waals surface area (Å²) < 4.78 is 27.9. The van der Waals surface area contributed by atoms with Gasteiger partial charge in [-0.25, -0.2) is 9.97 Å². The fourth-order valence-corrected chi connectivity index (χ4v) is 10.3. The van der Waals surface area contributed by atoms with Crippen LogP contribution in [0.25, 0.3) is 68.6 Å². The number of hydrogen-bond donors (Lipinski definition) is 2. The quantitative estimate of drug-likeness (QED) is 0.0391. The Morgan fingerprint density at radius 1 is 0.370 bits per heavy atom. The predicted molar refractivity (Wildman–Crippen MR) is 313 cm³/mol. The smallest absolute Gasteiger partial charge is 0.131 e. The Balaban J connectivity index is 1.34. The van der Waals surface area contributed by atoms with E-state index in [0.29, 0.717) is 26.4 Å². The molecule has 2 aliphatic rings. The van der Waals surface area contributed by atoms with E-state index in [0.717, 1.165) is 146 Å². The van der Waals surface area contributed by atoms with Crippen LogP contribution in [0.2, 0.25) is 0 Å². The number of fused-ring (bicyclic) bond motifs is 8. The van der Waals surface area contributed by atoms with E-state index in [1.807, 2.05) is 0 Å². The Bertz CT molecular complexity index is 2540. The van der Waals surface area contributed by atoms with Crippen molar-refractivity contribution in [1.82, 2.24) is 19.9 Å². The summed E-state index contributed by atoms with van der Waals surface area (Å²) in [7, 11) is 0. The van der Waals surface area contributed by atoms with E-state index >= 15 is 0 Å². The van der Waals surface area contributed by atoms with Gasteiger partial charge in [0.25, 0.3) is 0 Å². The van der Waals surface area contributed by atoms with Crippen LogP contribution in [-0.2, 0) is 0 Å². The van der Waals surface area contributed by atoms with Crippen molar-refractivity contribution in [3.63, 3.8) is 0 Å². The number of H-pyrrole nitrogens is 2. The lowest BCUT2D eigenvalue weighted by atomic mass is 10.0. The number of benzene rings is 2. The summed E-state index contributed by atoms with van der Waals surface area (Å²) in [4.78, 5) is 18.4. The molecule has 0 atom stereocenters. The average molecular weight is 1050 g/mol. The topological polar surface area (TPSA) is 94.3 Å². The second kappa shape index (κ2) is 30.8. The molecule has 5 aromatic rings. The molecule has 8 nitrogen and oxygen atoms in total. The van der Waals surface area contributed by atoms with Crippen LogP contribution in [0, 0.1) is 0 Å². The van der Waals surface area contributed by atoms with Crippen LogP contribution in [0.3, 0.4) is 0 Å². The van der Waals surface area contributed by atoms with Gasteiger partial charge in [-0.3, -0.25) is 0 Å². The van der Waals surface area contributed by atoms with Gasteiger partial charge < -0.3 is 28.9 Å². The number of nitrogens with zero attached hydrogens (tertiary/aromatic N) is 2. The summed E-state index contributed by atoms with van der Waals surface area (Å²) in [5.41, 5.74) is 10.7. The molecular formula is C64H85BrN4O4. The number of nitrogens with one attached hydrogen (secondary N) is 2. The second-order valence-corrected chi connectivity index (χ2v) is 20.8. The van der Waals surface area contributed by atoms with E-state index in [9.17, 15) is 0 Å². The number of aromatic amines is 2. The molecule has 0 saturated heterocycles. The molecule has 9 heteroatoms. The van der Waals surface area contributed by atoms with E-state index in [1.54, 1.807) is 0 Å². The number of halogens is 1. The molecule has 0 aliphatic carbocycles. The zero-order valence-corrected chi connectivity index (χ0v) is 46.5. The van der Waals surface area contributed by atoms with E-state index in [1.165, 1.54) is 103 Å². The van der Waals surface area contributed by atoms with Crippen molar-refractivity contribution in [3.05, 3.63) is 94.0 Å². The number of unbranched alkanes of at least 4 members (excludes halogenated alkanes) is 20. The summed E-state index contributed by atoms with van der Waals surface area (Å²) >= 11 is 4.04. The first-order chi connectivity index (χ1) is 36.0. The van der Waals surface area contributed by atoms with Gasteiger partial charge in [0.05, 0.1) is 70.3 Å². The first-order valence-electron chi connectivity index (χ1n) is 28.6. The molecule has 5 heterocycles. The van der Waals surface area contributed by atoms with Crippen LogP contribution in [0.1, 0.15) is 205 Å². The monoisotopic (exact) mass is 1050 g/mol. The first-order valence-corrected chi connectivity index (χ1v) is 29.4. The Kier molecular flexibility index (Phi) is 23.4. The van der Waals surface area contributed by atoms with Crippen LogP contribution in [-0.4, -0.2) is 46.4 Å². The fraction of sp³-hybridized carbons (Fsp3) is 0.500. The third-order valence-electron chi connectivity index (χ3n) is 14.0. The Hall–Kier alpha value is -5.28. The number of hydrogen-bond acceptors (Lipinski definition) is 6. The summed E-state index contributed by atoms with van der Waals surface area (Å²) in [6.07, 6.45) is 37.1. The van der Waals surface area contributed by atoms with Crippen molar-refractivity contribution < 1.29 is 18.9 Å². The molecule has 0 saturated carbocycles. The third-order valence-corrected chi connectivity index (χ3v) is 14.8. The Morgan fingerprint density at radius 2 is 0.740 bits per heavy atom. The lowest BCUT2D eigenvalue weighted by Crippen LogP contribution is -2.04. The highest BCUT2D eigenvalue weighted by Gasteiger charge is 2.23. The summed E-state index contributed by atoms with van der Waals surface area (Å²) in [6, 6.07) is 23.1. The van der Waals surface area contributed by atoms with Crippen molar-refractivity contribution in [2.24, 2.45) is 0 Å². The molecule has 0 unspecified atom stereocenters. The molecule has 2 N–H and O–H groups in total. The van der Waals surface area contributed by atoms with Crippen molar-refractivity contribution in [1.29, 1.82) is 0 Å². The second-order valence-electron chi connectivity index (χ2n) is 20.0. The lowest BCUT2D eigenvalue weighted by Gasteiger charge is -2.18. The molecule has 0 amide bonds. The van der Waals surface area contributed by atoms with Crippen molar-refractivity contribution in [3.8, 4) is 45.3 Å². The molecule has 392 valence electrons. The largest absolute Gasteiger partial charge is 0.493 e. The highest BCUT2D eigenvalue weighted by Crippen LogP contribution is 2.45. The molecule has 73 heavy (non-hydrogen) atoms. The number of ether oxygens (including phenoxy) is 4. The maximum Gasteiger partial charge on any atom is 0.131 e. The maximum absolute atomic E-state index is 6.76. The normalized spacial score (nSPS) is 12.0. The number of aromatic nitrogens is 4. The average Bonchev–Trinajstić information content (AvgIpc) is 4.26. The van der Waals surface area contributed by atoms with E-state index in [-0.39, 0.29) is 0 Å². The van der Waals surface area contributed by atoms with Gasteiger partial charge in [-0.2, -0.15) is 0 Å². The van der Waals surface area contributed by atoms with Crippen LogP contribution in [0.5, 0.6) is 23.0 Å². The summed E-state index contributed by atoms with van der Waals surface area (Å²) in [5.74, 6) is 3.21. The van der Waals surface area contributed by atoms with Gasteiger partial charge in [-0.15, -0.1) is 0 Å². The van der Waals surface area contributed by atoms with Crippen molar-refractivity contribution in [2.75, 3.05) is 26.4 Å². The van der Waals surface area contributed by atoms with Gasteiger partial charge in [0.15, 0.2) is 0 Å². The molecule has 0 spiro atoms. The maximum atomic E-state index is 6.76. The third kappa shape index (κ3) is 16.4. The minimum atomic E-state index is 0.637. The van der Waals surface area contributed by atoms with Gasteiger partial charge in [-0.1, -0.05) is 168 Å². The fourth-order valence-electron chi connectivity index (χ4n) is 9.88. The predicted octanol–water partition coefficient (Wildman–Crippen LogP) is 19.7. The van der Waals surface area contributed by atoms with Gasteiger partial charge in [0, 0.05) is 27.7 Å². The standard InChI is InChI=1S/C64H85BrN4O4/c1-5-9-13-17-21-25-43-70-56-31-29-32-57(71-44-26-22-18-14-10-6-2)62(56)60-50-37-35-48(66-50)47-49-36-38-51(67-49)61(53-40-42-55(69-53)64(65)54-41-39-52(60)68-54)63-58(72-45-27-23-19-15-11-7-3)33-30-34-59(63)73-46-28-24-20-16-12-8-4/h29-42,47,66,69H,5-28,43-46H2,1-4H3. The zero-order valence-electron chi connectivity index (χ0n) is 44.9. The Morgan fingerprint density at radius 3 is 1.21 bits per heavy atom. The van der Waals surface area contributed by atoms with Crippen molar-refractivity contribution in [2.45, 2.75) is 182 Å². The minimum absolute atomic E-state index is 0.637. The number of rotatable bonds is 34. The van der Waals surface area contributed by atoms with Crippen LogP contribution in [0.15, 0.2) is 71.2 Å². The minimum Gasteiger partial charge on any atom is -0.493 e. The van der Waals surface area contributed by atoms with Crippen LogP contribution in [0.4, 0.5) is 0 Å². The van der Waals surface area contributed by atoms with Crippen LogP contribution < -0.4 is 18.9 Å². The van der Waals surface area contributed by atoms with E-state index in [4.69, 9.17) is 28.9 Å². The molecule has 8 bridgehead atoms. The van der Waals surface area contributed by atoms with Gasteiger partial charge in [0.2, 0.25) is 0 Å². The van der Waals surface area contributed by atoms with E-state index in [2.05, 4.69) is 145 Å². The molecule has 0 radical (unpaired) electrons. The lowest BCUT2D eigenvalue weighted by molar-refractivity contribution is 0.292. The first kappa shape index (κ1) is 55.5. The molecular weight excluding hydrogens is 969 g/mol. The van der Waals surface area contributed by atoms with Gasteiger partial charge in [0.1, 0.15) is 23.0 Å². The van der Waals surface area contributed by atoms with Gasteiger partial charge >= 0.3 is 0 Å². The molecule has 0 fully saturated rings. The zero-order chi connectivity index (χ0) is 50.9. The molecule has 2 aliphatic heterocycles. The summed E-state index contributed by atoms with van der Waals surface area (Å²) in [6.45, 7) is 11.6. The molecule has 3 aromatic heterocycles. The Labute approximate surface area is 446 Å². The highest BCUT2D eigenvalue weighted by molar-refractivity contribution is 9.10. The van der Waals surface area contributed by atoms with Gasteiger partial charge in [-0.05, 0) is 121 Å². The molecule has 7 rings (SSSR count). The van der Waals surface area contributed by atoms with E-state index < -0.39 is 0 Å². The SMILES string of the molecule is CCCCCCCCOc1cccc(OCCCCCCCC)c1-c1c2nc(c(Br)c3ccc([nH]3)c(-c3c(OCCCCCCCC)cccc3OCCCCCCCC)c3nc(cc4ccc1[nH]4)C=C3)C=C2. The van der Waals surface area contributed by atoms with Crippen molar-refractivity contribution >= 4 is 62.3 Å².